The van der Waals surface area contributed by atoms with Gasteiger partial charge >= 0.3 is 0 Å². The fourth-order valence-corrected chi connectivity index (χ4v) is 2.76. The highest BCUT2D eigenvalue weighted by Crippen LogP contribution is 2.25. The molecule has 0 spiro atoms. The van der Waals surface area contributed by atoms with Gasteiger partial charge in [-0.05, 0) is 18.6 Å². The second kappa shape index (κ2) is 5.31. The van der Waals surface area contributed by atoms with E-state index in [4.69, 9.17) is 4.74 Å². The lowest BCUT2D eigenvalue weighted by atomic mass is 10.1. The van der Waals surface area contributed by atoms with Crippen molar-refractivity contribution in [2.24, 2.45) is 0 Å². The Morgan fingerprint density at radius 1 is 1.26 bits per heavy atom. The third kappa shape index (κ3) is 2.38. The number of hydrogen-bond acceptors (Lipinski definition) is 2. The van der Waals surface area contributed by atoms with Crippen LogP contribution in [0.4, 0.5) is 4.39 Å². The van der Waals surface area contributed by atoms with Gasteiger partial charge < -0.3 is 9.30 Å². The van der Waals surface area contributed by atoms with E-state index in [2.05, 4.69) is 11.1 Å². The molecule has 3 nitrogen and oxygen atoms in total. The third-order valence-electron chi connectivity index (χ3n) is 3.77. The second-order valence-corrected chi connectivity index (χ2v) is 4.96. The minimum Gasteiger partial charge on any atom is -0.379 e. The molecule has 1 saturated heterocycles. The summed E-state index contributed by atoms with van der Waals surface area (Å²) in [6.07, 6.45) is 2.09. The molecule has 0 N–H and O–H groups in total. The van der Waals surface area contributed by atoms with Gasteiger partial charge in [-0.25, -0.2) is 4.39 Å². The molecule has 1 fully saturated rings. The molecule has 0 atom stereocenters. The standard InChI is InChI=1S/C15H19FN2O/c1-2-18-11-12(10-17-6-8-19-9-7-17)13-4-3-5-14(16)15(13)18/h3-5,11H,2,6-10H2,1H3. The fourth-order valence-electron chi connectivity index (χ4n) is 2.76. The molecule has 1 aliphatic heterocycles. The van der Waals surface area contributed by atoms with Crippen LogP contribution in [0.1, 0.15) is 12.5 Å². The molecular formula is C15H19FN2O. The Kier molecular flexibility index (Phi) is 3.53. The Bertz CT molecular complexity index is 573. The summed E-state index contributed by atoms with van der Waals surface area (Å²) < 4.78 is 21.3. The number of nitrogens with zero attached hydrogens (tertiary/aromatic N) is 2. The number of para-hydroxylation sites is 1. The van der Waals surface area contributed by atoms with E-state index in [-0.39, 0.29) is 5.82 Å². The van der Waals surface area contributed by atoms with Crippen LogP contribution in [0.5, 0.6) is 0 Å². The maximum absolute atomic E-state index is 14.0. The van der Waals surface area contributed by atoms with Crippen LogP contribution in [0.3, 0.4) is 0 Å². The van der Waals surface area contributed by atoms with E-state index in [0.717, 1.165) is 50.3 Å². The van der Waals surface area contributed by atoms with E-state index in [9.17, 15) is 4.39 Å². The number of rotatable bonds is 3. The molecule has 1 aliphatic rings. The molecule has 19 heavy (non-hydrogen) atoms. The molecule has 0 amide bonds. The number of fused-ring (bicyclic) bond motifs is 1. The van der Waals surface area contributed by atoms with Crippen LogP contribution in [0, 0.1) is 5.82 Å². The predicted octanol–water partition coefficient (Wildman–Crippen LogP) is 2.63. The van der Waals surface area contributed by atoms with Crippen molar-refractivity contribution in [3.63, 3.8) is 0 Å². The topological polar surface area (TPSA) is 17.4 Å². The first-order valence-electron chi connectivity index (χ1n) is 6.86. The number of benzene rings is 1. The van der Waals surface area contributed by atoms with Crippen molar-refractivity contribution >= 4 is 10.9 Å². The number of ether oxygens (including phenoxy) is 1. The van der Waals surface area contributed by atoms with Crippen molar-refractivity contribution in [3.05, 3.63) is 35.8 Å². The van der Waals surface area contributed by atoms with Gasteiger partial charge in [-0.1, -0.05) is 12.1 Å². The molecule has 1 aromatic carbocycles. The summed E-state index contributed by atoms with van der Waals surface area (Å²) in [6.45, 7) is 7.20. The van der Waals surface area contributed by atoms with Crippen LogP contribution in [-0.2, 0) is 17.8 Å². The summed E-state index contributed by atoms with van der Waals surface area (Å²) in [4.78, 5) is 2.36. The Hall–Kier alpha value is -1.39. The highest BCUT2D eigenvalue weighted by molar-refractivity contribution is 5.84. The van der Waals surface area contributed by atoms with Gasteiger partial charge in [-0.15, -0.1) is 0 Å². The van der Waals surface area contributed by atoms with Gasteiger partial charge in [-0.2, -0.15) is 0 Å². The summed E-state index contributed by atoms with van der Waals surface area (Å²) in [7, 11) is 0. The molecule has 3 rings (SSSR count). The molecule has 0 aliphatic carbocycles. The lowest BCUT2D eigenvalue weighted by Gasteiger charge is -2.26. The number of halogens is 1. The Labute approximate surface area is 112 Å². The van der Waals surface area contributed by atoms with Crippen LogP contribution in [0.25, 0.3) is 10.9 Å². The number of hydrogen-bond donors (Lipinski definition) is 0. The molecule has 0 bridgehead atoms. The summed E-state index contributed by atoms with van der Waals surface area (Å²) in [6, 6.07) is 5.34. The van der Waals surface area contributed by atoms with Crippen molar-refractivity contribution in [1.82, 2.24) is 9.47 Å². The van der Waals surface area contributed by atoms with Gasteiger partial charge in [0.1, 0.15) is 5.82 Å². The number of aromatic nitrogens is 1. The van der Waals surface area contributed by atoms with E-state index in [1.807, 2.05) is 17.6 Å². The quantitative estimate of drug-likeness (QED) is 0.846. The van der Waals surface area contributed by atoms with Crippen LogP contribution in [0.2, 0.25) is 0 Å². The third-order valence-corrected chi connectivity index (χ3v) is 3.77. The molecular weight excluding hydrogens is 243 g/mol. The highest BCUT2D eigenvalue weighted by Gasteiger charge is 2.16. The zero-order valence-corrected chi connectivity index (χ0v) is 11.2. The summed E-state index contributed by atoms with van der Waals surface area (Å²) in [5, 5.41) is 1.04. The Morgan fingerprint density at radius 2 is 2.05 bits per heavy atom. The molecule has 2 heterocycles. The lowest BCUT2D eigenvalue weighted by Crippen LogP contribution is -2.35. The maximum Gasteiger partial charge on any atom is 0.147 e. The van der Waals surface area contributed by atoms with E-state index in [1.165, 1.54) is 11.6 Å². The zero-order valence-electron chi connectivity index (χ0n) is 11.2. The summed E-state index contributed by atoms with van der Waals surface area (Å²) in [5.74, 6) is -0.132. The van der Waals surface area contributed by atoms with Gasteiger partial charge in [0.25, 0.3) is 0 Å². The van der Waals surface area contributed by atoms with Crippen LogP contribution in [-0.4, -0.2) is 35.8 Å². The SMILES string of the molecule is CCn1cc(CN2CCOCC2)c2cccc(F)c21. The van der Waals surface area contributed by atoms with Gasteiger partial charge in [-0.3, -0.25) is 4.90 Å². The zero-order chi connectivity index (χ0) is 13.2. The second-order valence-electron chi connectivity index (χ2n) is 4.96. The minimum atomic E-state index is -0.132. The monoisotopic (exact) mass is 262 g/mol. The van der Waals surface area contributed by atoms with Crippen molar-refractivity contribution in [2.45, 2.75) is 20.0 Å². The molecule has 0 saturated carbocycles. The van der Waals surface area contributed by atoms with Crippen LogP contribution >= 0.6 is 0 Å². The van der Waals surface area contributed by atoms with E-state index in [0.29, 0.717) is 0 Å². The molecule has 2 aromatic rings. The molecule has 0 unspecified atom stereocenters. The van der Waals surface area contributed by atoms with Crippen molar-refractivity contribution in [1.29, 1.82) is 0 Å². The van der Waals surface area contributed by atoms with Gasteiger partial charge in [0, 0.05) is 37.8 Å². The normalized spacial score (nSPS) is 17.2. The van der Waals surface area contributed by atoms with E-state index < -0.39 is 0 Å². The number of morpholine rings is 1. The van der Waals surface area contributed by atoms with E-state index in [1.54, 1.807) is 6.07 Å². The van der Waals surface area contributed by atoms with Crippen molar-refractivity contribution < 1.29 is 9.13 Å². The first kappa shape index (κ1) is 12.6. The van der Waals surface area contributed by atoms with Crippen LogP contribution < -0.4 is 0 Å². The number of aryl methyl sites for hydroxylation is 1. The molecule has 4 heteroatoms. The average Bonchev–Trinajstić information content (AvgIpc) is 2.80. The molecule has 102 valence electrons. The highest BCUT2D eigenvalue weighted by atomic mass is 19.1. The van der Waals surface area contributed by atoms with Gasteiger partial charge in [0.2, 0.25) is 0 Å². The predicted molar refractivity (Wildman–Crippen MR) is 73.7 cm³/mol. The molecule has 1 aromatic heterocycles. The largest absolute Gasteiger partial charge is 0.379 e. The Morgan fingerprint density at radius 3 is 2.79 bits per heavy atom. The first-order valence-corrected chi connectivity index (χ1v) is 6.86. The summed E-state index contributed by atoms with van der Waals surface area (Å²) in [5.41, 5.74) is 1.94. The maximum atomic E-state index is 14.0. The molecule has 0 radical (unpaired) electrons. The smallest absolute Gasteiger partial charge is 0.147 e. The van der Waals surface area contributed by atoms with E-state index >= 15 is 0 Å². The van der Waals surface area contributed by atoms with Crippen molar-refractivity contribution in [2.75, 3.05) is 26.3 Å². The fraction of sp³-hybridized carbons (Fsp3) is 0.467. The Balaban J connectivity index is 1.96. The first-order chi connectivity index (χ1) is 9.29. The van der Waals surface area contributed by atoms with Crippen molar-refractivity contribution in [3.8, 4) is 0 Å². The lowest BCUT2D eigenvalue weighted by molar-refractivity contribution is 0.0343. The average molecular weight is 262 g/mol. The van der Waals surface area contributed by atoms with Gasteiger partial charge in [0.05, 0.1) is 18.7 Å². The van der Waals surface area contributed by atoms with Crippen LogP contribution in [0.15, 0.2) is 24.4 Å². The van der Waals surface area contributed by atoms with Gasteiger partial charge in [0.15, 0.2) is 0 Å². The minimum absolute atomic E-state index is 0.132. The summed E-state index contributed by atoms with van der Waals surface area (Å²) >= 11 is 0.